The summed E-state index contributed by atoms with van der Waals surface area (Å²) in [5.41, 5.74) is 1.04. The molecule has 0 spiro atoms. The summed E-state index contributed by atoms with van der Waals surface area (Å²) in [4.78, 5) is 31.9. The van der Waals surface area contributed by atoms with Crippen LogP contribution in [0.2, 0.25) is 0 Å². The van der Waals surface area contributed by atoms with Crippen molar-refractivity contribution in [1.29, 1.82) is 0 Å². The number of carboxylic acids is 1. The second kappa shape index (κ2) is 6.47. The van der Waals surface area contributed by atoms with Crippen LogP contribution in [0.25, 0.3) is 0 Å². The van der Waals surface area contributed by atoms with Crippen molar-refractivity contribution in [2.24, 2.45) is 0 Å². The number of amides is 2. The van der Waals surface area contributed by atoms with E-state index in [1.807, 2.05) is 0 Å². The minimum atomic E-state index is -0.978. The summed E-state index contributed by atoms with van der Waals surface area (Å²) >= 11 is 0. The van der Waals surface area contributed by atoms with Crippen molar-refractivity contribution >= 4 is 17.9 Å². The molecule has 0 fully saturated rings. The molecular formula is C14H14N4O3. The first kappa shape index (κ1) is 14.4. The first-order valence-electron chi connectivity index (χ1n) is 6.17. The predicted octanol–water partition coefficient (Wildman–Crippen LogP) is 1.84. The monoisotopic (exact) mass is 286 g/mol. The summed E-state index contributed by atoms with van der Waals surface area (Å²) in [5.74, 6) is -0.746. The van der Waals surface area contributed by atoms with Crippen LogP contribution in [0.3, 0.4) is 0 Å². The third-order valence-corrected chi connectivity index (χ3v) is 2.75. The molecule has 0 bridgehead atoms. The zero-order valence-electron chi connectivity index (χ0n) is 11.4. The fourth-order valence-electron chi connectivity index (χ4n) is 1.65. The SMILES string of the molecule is CN(Cc1ccc(C(=O)O)cc1)C(=O)Nc1ncccn1. The molecule has 2 rings (SSSR count). The van der Waals surface area contributed by atoms with Gasteiger partial charge in [-0.25, -0.2) is 19.6 Å². The van der Waals surface area contributed by atoms with E-state index in [1.165, 1.54) is 29.4 Å². The van der Waals surface area contributed by atoms with E-state index in [2.05, 4.69) is 15.3 Å². The van der Waals surface area contributed by atoms with Gasteiger partial charge in [-0.3, -0.25) is 5.32 Å². The highest BCUT2D eigenvalue weighted by atomic mass is 16.4. The quantitative estimate of drug-likeness (QED) is 0.894. The van der Waals surface area contributed by atoms with Gasteiger partial charge in [-0.15, -0.1) is 0 Å². The molecule has 0 atom stereocenters. The van der Waals surface area contributed by atoms with Gasteiger partial charge < -0.3 is 10.0 Å². The summed E-state index contributed by atoms with van der Waals surface area (Å²) in [6.45, 7) is 0.346. The zero-order valence-corrected chi connectivity index (χ0v) is 11.4. The van der Waals surface area contributed by atoms with Gasteiger partial charge in [0.05, 0.1) is 5.56 Å². The number of carbonyl (C=O) groups is 2. The minimum absolute atomic E-state index is 0.212. The van der Waals surface area contributed by atoms with E-state index < -0.39 is 5.97 Å². The largest absolute Gasteiger partial charge is 0.478 e. The van der Waals surface area contributed by atoms with Crippen LogP contribution in [0.1, 0.15) is 15.9 Å². The number of nitrogens with zero attached hydrogens (tertiary/aromatic N) is 3. The number of aromatic nitrogens is 2. The van der Waals surface area contributed by atoms with Crippen LogP contribution in [-0.2, 0) is 6.54 Å². The summed E-state index contributed by atoms with van der Waals surface area (Å²) in [6, 6.07) is 7.67. The van der Waals surface area contributed by atoms with Crippen molar-refractivity contribution in [3.63, 3.8) is 0 Å². The normalized spacial score (nSPS) is 9.95. The first-order chi connectivity index (χ1) is 10.1. The molecule has 0 aliphatic heterocycles. The fourth-order valence-corrected chi connectivity index (χ4v) is 1.65. The minimum Gasteiger partial charge on any atom is -0.478 e. The molecule has 0 aliphatic rings. The third kappa shape index (κ3) is 4.00. The van der Waals surface area contributed by atoms with Gasteiger partial charge in [-0.05, 0) is 23.8 Å². The smallest absolute Gasteiger partial charge is 0.335 e. The van der Waals surface area contributed by atoms with Crippen LogP contribution in [0.4, 0.5) is 10.7 Å². The maximum atomic E-state index is 11.9. The average Bonchev–Trinajstić information content (AvgIpc) is 2.48. The maximum absolute atomic E-state index is 11.9. The van der Waals surface area contributed by atoms with Crippen LogP contribution in [0.15, 0.2) is 42.7 Å². The van der Waals surface area contributed by atoms with E-state index in [4.69, 9.17) is 5.11 Å². The molecule has 0 radical (unpaired) electrons. The number of carbonyl (C=O) groups excluding carboxylic acids is 1. The standard InChI is InChI=1S/C14H14N4O3/c1-18(14(21)17-13-15-7-2-8-16-13)9-10-3-5-11(6-4-10)12(19)20/h2-8H,9H2,1H3,(H,19,20)(H,15,16,17,21). The lowest BCUT2D eigenvalue weighted by Gasteiger charge is -2.17. The van der Waals surface area contributed by atoms with Crippen molar-refractivity contribution in [2.45, 2.75) is 6.54 Å². The Balaban J connectivity index is 1.95. The zero-order chi connectivity index (χ0) is 15.2. The van der Waals surface area contributed by atoms with Crippen LogP contribution in [-0.4, -0.2) is 39.0 Å². The van der Waals surface area contributed by atoms with E-state index in [9.17, 15) is 9.59 Å². The van der Waals surface area contributed by atoms with Gasteiger partial charge in [0.25, 0.3) is 0 Å². The Morgan fingerprint density at radius 2 is 1.81 bits per heavy atom. The van der Waals surface area contributed by atoms with Crippen LogP contribution >= 0.6 is 0 Å². The molecule has 1 aromatic carbocycles. The number of hydrogen-bond acceptors (Lipinski definition) is 4. The van der Waals surface area contributed by atoms with Gasteiger partial charge in [0.2, 0.25) is 5.95 Å². The topological polar surface area (TPSA) is 95.4 Å². The van der Waals surface area contributed by atoms with E-state index in [0.717, 1.165) is 5.56 Å². The Kier molecular flexibility index (Phi) is 4.45. The summed E-state index contributed by atoms with van der Waals surface area (Å²) in [7, 11) is 1.63. The number of urea groups is 1. The van der Waals surface area contributed by atoms with Gasteiger partial charge >= 0.3 is 12.0 Å². The number of benzene rings is 1. The number of rotatable bonds is 4. The lowest BCUT2D eigenvalue weighted by Crippen LogP contribution is -2.31. The summed E-state index contributed by atoms with van der Waals surface area (Å²) < 4.78 is 0. The maximum Gasteiger partial charge on any atom is 0.335 e. The molecule has 108 valence electrons. The molecule has 2 N–H and O–H groups in total. The molecule has 21 heavy (non-hydrogen) atoms. The van der Waals surface area contributed by atoms with Gasteiger partial charge in [0.1, 0.15) is 0 Å². The second-order valence-corrected chi connectivity index (χ2v) is 4.36. The Hall–Kier alpha value is -2.96. The van der Waals surface area contributed by atoms with Crippen molar-refractivity contribution in [3.8, 4) is 0 Å². The lowest BCUT2D eigenvalue weighted by molar-refractivity contribution is 0.0697. The van der Waals surface area contributed by atoms with Crippen molar-refractivity contribution in [1.82, 2.24) is 14.9 Å². The highest BCUT2D eigenvalue weighted by molar-refractivity contribution is 5.88. The van der Waals surface area contributed by atoms with E-state index in [0.29, 0.717) is 6.54 Å². The summed E-state index contributed by atoms with van der Waals surface area (Å²) in [6.07, 6.45) is 3.07. The van der Waals surface area contributed by atoms with Crippen molar-refractivity contribution in [2.75, 3.05) is 12.4 Å². The van der Waals surface area contributed by atoms with Crippen LogP contribution in [0.5, 0.6) is 0 Å². The summed E-state index contributed by atoms with van der Waals surface area (Å²) in [5, 5.41) is 11.4. The number of hydrogen-bond donors (Lipinski definition) is 2. The van der Waals surface area contributed by atoms with Gasteiger partial charge in [-0.2, -0.15) is 0 Å². The molecular weight excluding hydrogens is 272 g/mol. The van der Waals surface area contributed by atoms with E-state index in [-0.39, 0.29) is 17.5 Å². The lowest BCUT2D eigenvalue weighted by atomic mass is 10.1. The van der Waals surface area contributed by atoms with Gasteiger partial charge in [-0.1, -0.05) is 12.1 Å². The number of carboxylic acid groups (broad SMARTS) is 1. The molecule has 7 heteroatoms. The van der Waals surface area contributed by atoms with Crippen molar-refractivity contribution < 1.29 is 14.7 Å². The molecule has 2 aromatic rings. The highest BCUT2D eigenvalue weighted by Crippen LogP contribution is 2.08. The van der Waals surface area contributed by atoms with E-state index >= 15 is 0 Å². The average molecular weight is 286 g/mol. The van der Waals surface area contributed by atoms with E-state index in [1.54, 1.807) is 25.2 Å². The van der Waals surface area contributed by atoms with Gasteiger partial charge in [0.15, 0.2) is 0 Å². The van der Waals surface area contributed by atoms with Gasteiger partial charge in [0, 0.05) is 26.0 Å². The number of anilines is 1. The molecule has 7 nitrogen and oxygen atoms in total. The molecule has 0 aliphatic carbocycles. The molecule has 0 saturated heterocycles. The molecule has 0 unspecified atom stereocenters. The van der Waals surface area contributed by atoms with Crippen LogP contribution < -0.4 is 5.32 Å². The fraction of sp³-hybridized carbons (Fsp3) is 0.143. The number of aromatic carboxylic acids is 1. The first-order valence-corrected chi connectivity index (χ1v) is 6.17. The van der Waals surface area contributed by atoms with Crippen molar-refractivity contribution in [3.05, 3.63) is 53.9 Å². The Labute approximate surface area is 121 Å². The Bertz CT molecular complexity index is 628. The second-order valence-electron chi connectivity index (χ2n) is 4.36. The number of nitrogens with one attached hydrogen (secondary N) is 1. The predicted molar refractivity (Wildman–Crippen MR) is 75.9 cm³/mol. The Morgan fingerprint density at radius 3 is 2.38 bits per heavy atom. The Morgan fingerprint density at radius 1 is 1.19 bits per heavy atom. The third-order valence-electron chi connectivity index (χ3n) is 2.75. The highest BCUT2D eigenvalue weighted by Gasteiger charge is 2.11. The van der Waals surface area contributed by atoms with Crippen LogP contribution in [0, 0.1) is 0 Å². The molecule has 1 heterocycles. The molecule has 2 amide bonds. The molecule has 0 saturated carbocycles. The molecule has 1 aromatic heterocycles.